The topological polar surface area (TPSA) is 203 Å². The number of amides is 1. The fourth-order valence-electron chi connectivity index (χ4n) is 11.4. The predicted octanol–water partition coefficient (Wildman–Crippen LogP) is 11.4. The highest BCUT2D eigenvalue weighted by Gasteiger charge is 2.65. The van der Waals surface area contributed by atoms with Gasteiger partial charge in [0.25, 0.3) is 11.6 Å². The molecule has 15 heteroatoms. The summed E-state index contributed by atoms with van der Waals surface area (Å²) >= 11 is 0. The van der Waals surface area contributed by atoms with Crippen LogP contribution in [0.25, 0.3) is 10.8 Å². The Hall–Kier alpha value is -8.16. The van der Waals surface area contributed by atoms with E-state index in [1.165, 1.54) is 19.2 Å². The average molecular weight is 1030 g/mol. The first-order chi connectivity index (χ1) is 37.1. The molecule has 0 radical (unpaired) electrons. The highest BCUT2D eigenvalue weighted by atomic mass is 16.7. The Morgan fingerprint density at radius 2 is 1.67 bits per heavy atom. The van der Waals surface area contributed by atoms with E-state index in [0.717, 1.165) is 40.3 Å². The van der Waals surface area contributed by atoms with Gasteiger partial charge in [0.05, 0.1) is 47.5 Å². The largest absolute Gasteiger partial charge is 0.496 e. The SMILES string of the molecule is C=CCO[C@@]12Oc3ccc(Oc4ccc(OC)c(C=O)c4)cc3[C@H]3[C@H](CCCCO)[C@@H](CCCCO)C=C(C(=NOCc4ccc([N+](=O)[O-])cc4)C[C@@H]1N(Cc1cccc4ccccc14)C(=O)c1ccc(C#N)cc1)[C@H]32. The Morgan fingerprint density at radius 3 is 2.39 bits per heavy atom. The highest BCUT2D eigenvalue weighted by molar-refractivity contribution is 6.03. The number of ether oxygens (including phenoxy) is 4. The molecule has 0 bridgehead atoms. The number of aliphatic hydroxyl groups excluding tert-OH is 2. The van der Waals surface area contributed by atoms with Crippen molar-refractivity contribution in [3.05, 3.63) is 195 Å². The minimum absolute atomic E-state index is 0.0113. The van der Waals surface area contributed by atoms with Crippen molar-refractivity contribution in [2.45, 2.75) is 75.8 Å². The van der Waals surface area contributed by atoms with Gasteiger partial charge < -0.3 is 38.9 Å². The van der Waals surface area contributed by atoms with E-state index in [0.29, 0.717) is 82.9 Å². The number of nitro benzene ring substituents is 1. The van der Waals surface area contributed by atoms with E-state index in [1.807, 2.05) is 54.6 Å². The number of hydrogen-bond donors (Lipinski definition) is 2. The number of non-ortho nitro benzene ring substituents is 1. The number of nitro groups is 1. The molecule has 2 aliphatic carbocycles. The van der Waals surface area contributed by atoms with Gasteiger partial charge in [0, 0.05) is 55.4 Å². The number of unbranched alkanes of at least 4 members (excludes halogenated alkanes) is 2. The fourth-order valence-corrected chi connectivity index (χ4v) is 11.4. The number of carbonyl (C=O) groups excluding carboxylic acids is 2. The number of benzene rings is 6. The van der Waals surface area contributed by atoms with Gasteiger partial charge in [-0.2, -0.15) is 5.26 Å². The third-order valence-electron chi connectivity index (χ3n) is 14.9. The molecule has 6 atom stereocenters. The van der Waals surface area contributed by atoms with Crippen molar-refractivity contribution in [2.24, 2.45) is 22.9 Å². The molecule has 9 rings (SSSR count). The van der Waals surface area contributed by atoms with Gasteiger partial charge in [-0.05, 0) is 138 Å². The molecule has 1 fully saturated rings. The number of aldehydes is 1. The maximum absolute atomic E-state index is 15.8. The molecule has 1 heterocycles. The molecular formula is C61H60N4O11. The van der Waals surface area contributed by atoms with Crippen LogP contribution in [0.1, 0.15) is 93.8 Å². The van der Waals surface area contributed by atoms with Gasteiger partial charge in [-0.1, -0.05) is 72.6 Å². The molecule has 15 nitrogen and oxygen atoms in total. The van der Waals surface area contributed by atoms with Crippen LogP contribution in [0, 0.1) is 39.2 Å². The van der Waals surface area contributed by atoms with Gasteiger partial charge in [-0.3, -0.25) is 19.7 Å². The lowest BCUT2D eigenvalue weighted by molar-refractivity contribution is -0.384. The fraction of sp³-hybridized carbons (Fsp3) is 0.311. The molecule has 2 N–H and O–H groups in total. The van der Waals surface area contributed by atoms with Gasteiger partial charge in [0.2, 0.25) is 5.79 Å². The smallest absolute Gasteiger partial charge is 0.269 e. The number of methoxy groups -OCH3 is 1. The number of hydrogen-bond acceptors (Lipinski definition) is 13. The zero-order valence-electron chi connectivity index (χ0n) is 42.3. The summed E-state index contributed by atoms with van der Waals surface area (Å²) in [6, 6.07) is 38.5. The highest BCUT2D eigenvalue weighted by Crippen LogP contribution is 2.62. The lowest BCUT2D eigenvalue weighted by atomic mass is 9.55. The van der Waals surface area contributed by atoms with Crippen LogP contribution in [-0.2, 0) is 22.7 Å². The van der Waals surface area contributed by atoms with E-state index in [2.05, 4.69) is 18.7 Å². The quantitative estimate of drug-likeness (QED) is 0.0202. The Kier molecular flexibility index (Phi) is 16.7. The van der Waals surface area contributed by atoms with Crippen molar-refractivity contribution in [1.29, 1.82) is 5.26 Å². The van der Waals surface area contributed by atoms with Crippen LogP contribution in [-0.4, -0.2) is 76.7 Å². The Morgan fingerprint density at radius 1 is 0.934 bits per heavy atom. The van der Waals surface area contributed by atoms with Crippen LogP contribution < -0.4 is 14.2 Å². The van der Waals surface area contributed by atoms with Crippen molar-refractivity contribution in [3.63, 3.8) is 0 Å². The maximum atomic E-state index is 15.8. The molecule has 3 aliphatic rings. The van der Waals surface area contributed by atoms with Gasteiger partial charge in [0.1, 0.15) is 35.6 Å². The Bertz CT molecular complexity index is 3180. The summed E-state index contributed by atoms with van der Waals surface area (Å²) in [6.45, 7) is 4.25. The lowest BCUT2D eigenvalue weighted by Gasteiger charge is -2.60. The van der Waals surface area contributed by atoms with Crippen molar-refractivity contribution in [1.82, 2.24) is 4.90 Å². The zero-order chi connectivity index (χ0) is 53.2. The number of oxime groups is 1. The van der Waals surface area contributed by atoms with Crippen molar-refractivity contribution in [3.8, 4) is 29.1 Å². The first-order valence-electron chi connectivity index (χ1n) is 25.7. The molecule has 1 saturated carbocycles. The third kappa shape index (κ3) is 11.0. The van der Waals surface area contributed by atoms with E-state index in [-0.39, 0.29) is 62.8 Å². The van der Waals surface area contributed by atoms with Crippen LogP contribution in [0.5, 0.6) is 23.0 Å². The van der Waals surface area contributed by atoms with E-state index in [1.54, 1.807) is 71.6 Å². The molecule has 76 heavy (non-hydrogen) atoms. The number of allylic oxidation sites excluding steroid dienone is 1. The predicted molar refractivity (Wildman–Crippen MR) is 286 cm³/mol. The van der Waals surface area contributed by atoms with Crippen molar-refractivity contribution >= 4 is 34.4 Å². The van der Waals surface area contributed by atoms with Crippen LogP contribution in [0.3, 0.4) is 0 Å². The standard InChI is InChI=1S/C61H60N4O11/c1-3-31-73-61-57(64(60(69)43-21-17-40(36-62)18-22-43)37-45-14-10-13-42-11-4-5-15-50(42)45)35-54(63-74-39-41-19-23-47(24-20-41)65(70)71)52-33-44(12-6-8-29-66)51(16-7-9-30-67)58(59(52)61)53-34-49(26-28-56(53)76-61)75-48-25-27-55(72-2)46(32-48)38-68/h3-5,10-11,13-15,17-28,32-34,38,44,51,57-59,66-67H,1,6-9,12,16,29-31,35,37,39H2,2H3/t44-,51+,57-,58+,59+,61+/m0/s1. The maximum Gasteiger partial charge on any atom is 0.269 e. The minimum Gasteiger partial charge on any atom is -0.496 e. The van der Waals surface area contributed by atoms with E-state index in [9.17, 15) is 30.4 Å². The van der Waals surface area contributed by atoms with Crippen LogP contribution in [0.15, 0.2) is 157 Å². The summed E-state index contributed by atoms with van der Waals surface area (Å²) in [5.41, 5.74) is 4.70. The molecule has 6 aromatic rings. The van der Waals surface area contributed by atoms with Gasteiger partial charge in [-0.25, -0.2) is 0 Å². The monoisotopic (exact) mass is 1020 g/mol. The number of carbonyl (C=O) groups is 2. The van der Waals surface area contributed by atoms with Gasteiger partial charge >= 0.3 is 0 Å². The summed E-state index contributed by atoms with van der Waals surface area (Å²) in [5.74, 6) is -1.40. The molecule has 390 valence electrons. The minimum atomic E-state index is -1.62. The molecule has 1 aliphatic heterocycles. The first kappa shape index (κ1) is 52.7. The van der Waals surface area contributed by atoms with Crippen LogP contribution in [0.2, 0.25) is 0 Å². The second-order valence-electron chi connectivity index (χ2n) is 19.4. The number of aliphatic hydroxyl groups is 2. The van der Waals surface area contributed by atoms with E-state index < -0.39 is 28.6 Å². The third-order valence-corrected chi connectivity index (χ3v) is 14.9. The molecule has 6 aromatic carbocycles. The molecule has 0 spiro atoms. The van der Waals surface area contributed by atoms with Gasteiger partial charge in [-0.15, -0.1) is 6.58 Å². The summed E-state index contributed by atoms with van der Waals surface area (Å²) in [7, 11) is 1.49. The normalized spacial score (nSPS) is 20.7. The van der Waals surface area contributed by atoms with Gasteiger partial charge in [0.15, 0.2) is 6.29 Å². The number of rotatable bonds is 23. The molecule has 1 amide bonds. The average Bonchev–Trinajstić information content (AvgIpc) is 3.54. The molecule has 0 aromatic heterocycles. The van der Waals surface area contributed by atoms with Crippen LogP contribution in [0.4, 0.5) is 5.69 Å². The summed E-state index contributed by atoms with van der Waals surface area (Å²) in [5, 5.41) is 48.5. The van der Waals surface area contributed by atoms with Crippen molar-refractivity contribution < 1.29 is 48.5 Å². The second kappa shape index (κ2) is 24.0. The van der Waals surface area contributed by atoms with E-state index >= 15 is 4.79 Å². The number of fused-ring (bicyclic) bond motifs is 3. The first-order valence-corrected chi connectivity index (χ1v) is 25.7. The Labute approximate surface area is 441 Å². The van der Waals surface area contributed by atoms with Crippen LogP contribution >= 0.6 is 0 Å². The molecular weight excluding hydrogens is 965 g/mol. The van der Waals surface area contributed by atoms with Crippen molar-refractivity contribution in [2.75, 3.05) is 26.9 Å². The summed E-state index contributed by atoms with van der Waals surface area (Å²) < 4.78 is 26.8. The Balaban J connectivity index is 1.28. The summed E-state index contributed by atoms with van der Waals surface area (Å²) in [6.07, 6.45) is 8.71. The molecule has 0 saturated heterocycles. The zero-order valence-corrected chi connectivity index (χ0v) is 42.3. The number of nitriles is 1. The molecule has 0 unspecified atom stereocenters. The van der Waals surface area contributed by atoms with E-state index in [4.69, 9.17) is 28.9 Å². The summed E-state index contributed by atoms with van der Waals surface area (Å²) in [4.78, 5) is 47.0. The second-order valence-corrected chi connectivity index (χ2v) is 19.4. The lowest BCUT2D eigenvalue weighted by Crippen LogP contribution is -2.70. The number of nitrogens with zero attached hydrogens (tertiary/aromatic N) is 4.